The molecule has 0 aliphatic carbocycles. The van der Waals surface area contributed by atoms with Crippen molar-refractivity contribution < 1.29 is 0 Å². The fourth-order valence-corrected chi connectivity index (χ4v) is 2.65. The van der Waals surface area contributed by atoms with Crippen molar-refractivity contribution in [1.29, 1.82) is 0 Å². The summed E-state index contributed by atoms with van der Waals surface area (Å²) < 4.78 is 0. The van der Waals surface area contributed by atoms with Crippen LogP contribution in [0.25, 0.3) is 0 Å². The topological polar surface area (TPSA) is 24.9 Å². The van der Waals surface area contributed by atoms with Crippen molar-refractivity contribution in [2.45, 2.75) is 51.6 Å². The Hall–Kier alpha value is -1.67. The summed E-state index contributed by atoms with van der Waals surface area (Å²) in [5.74, 6) is 0. The molecule has 1 aromatic carbocycles. The lowest BCUT2D eigenvalue weighted by Crippen LogP contribution is -2.25. The van der Waals surface area contributed by atoms with Gasteiger partial charge in [-0.1, -0.05) is 62.6 Å². The van der Waals surface area contributed by atoms with Crippen molar-refractivity contribution in [2.75, 3.05) is 0 Å². The number of pyridine rings is 1. The lowest BCUT2D eigenvalue weighted by molar-refractivity contribution is 0.422. The van der Waals surface area contributed by atoms with E-state index in [0.29, 0.717) is 6.04 Å². The molecule has 0 fully saturated rings. The molecule has 0 saturated heterocycles. The zero-order valence-corrected chi connectivity index (χ0v) is 13.1. The Morgan fingerprint density at radius 1 is 1.00 bits per heavy atom. The van der Waals surface area contributed by atoms with Gasteiger partial charge in [0.1, 0.15) is 0 Å². The van der Waals surface area contributed by atoms with Gasteiger partial charge in [-0.2, -0.15) is 0 Å². The normalized spacial score (nSPS) is 13.8. The largest absolute Gasteiger partial charge is 0.302 e. The van der Waals surface area contributed by atoms with Crippen LogP contribution < -0.4 is 5.32 Å². The number of hydrogen-bond acceptors (Lipinski definition) is 2. The van der Waals surface area contributed by atoms with Crippen LogP contribution in [-0.4, -0.2) is 4.98 Å². The second-order valence-electron chi connectivity index (χ2n) is 5.60. The van der Waals surface area contributed by atoms with Gasteiger partial charge in [-0.15, -0.1) is 0 Å². The maximum Gasteiger partial charge on any atom is 0.0570 e. The first-order valence-electron chi connectivity index (χ1n) is 8.03. The molecule has 112 valence electrons. The summed E-state index contributed by atoms with van der Waals surface area (Å²) in [6.45, 7) is 4.44. The van der Waals surface area contributed by atoms with Gasteiger partial charge in [0.15, 0.2) is 0 Å². The van der Waals surface area contributed by atoms with E-state index < -0.39 is 0 Å². The predicted octanol–water partition coefficient (Wildman–Crippen LogP) is 5.05. The Bertz CT molecular complexity index is 495. The van der Waals surface area contributed by atoms with Crippen LogP contribution in [0, 0.1) is 0 Å². The number of benzene rings is 1. The SMILES string of the molecule is CCCCCC(NC(C)c1ccccn1)c1ccccc1. The maximum atomic E-state index is 4.46. The minimum Gasteiger partial charge on any atom is -0.302 e. The molecule has 2 unspecified atom stereocenters. The molecule has 0 spiro atoms. The van der Waals surface area contributed by atoms with Crippen molar-refractivity contribution in [2.24, 2.45) is 0 Å². The Kier molecular flexibility index (Phi) is 6.42. The maximum absolute atomic E-state index is 4.46. The van der Waals surface area contributed by atoms with Crippen molar-refractivity contribution in [1.82, 2.24) is 10.3 Å². The molecule has 1 N–H and O–H groups in total. The van der Waals surface area contributed by atoms with Crippen LogP contribution in [0.1, 0.15) is 62.9 Å². The Morgan fingerprint density at radius 2 is 1.76 bits per heavy atom. The van der Waals surface area contributed by atoms with Crippen molar-refractivity contribution in [3.8, 4) is 0 Å². The van der Waals surface area contributed by atoms with E-state index in [2.05, 4.69) is 66.6 Å². The van der Waals surface area contributed by atoms with Gasteiger partial charge in [-0.3, -0.25) is 4.98 Å². The minimum absolute atomic E-state index is 0.262. The molecule has 0 aliphatic heterocycles. The van der Waals surface area contributed by atoms with E-state index in [1.54, 1.807) is 0 Å². The van der Waals surface area contributed by atoms with Crippen LogP contribution in [0.5, 0.6) is 0 Å². The molecular formula is C19H26N2. The Morgan fingerprint density at radius 3 is 2.43 bits per heavy atom. The number of nitrogens with zero attached hydrogens (tertiary/aromatic N) is 1. The highest BCUT2D eigenvalue weighted by atomic mass is 15.0. The molecule has 0 bridgehead atoms. The van der Waals surface area contributed by atoms with E-state index in [1.165, 1.54) is 31.2 Å². The van der Waals surface area contributed by atoms with Gasteiger partial charge in [-0.25, -0.2) is 0 Å². The fourth-order valence-electron chi connectivity index (χ4n) is 2.65. The Labute approximate surface area is 128 Å². The molecule has 2 heteroatoms. The summed E-state index contributed by atoms with van der Waals surface area (Å²) in [7, 11) is 0. The lowest BCUT2D eigenvalue weighted by atomic mass is 9.99. The standard InChI is InChI=1S/C19H26N2/c1-3-4-6-14-19(17-11-7-5-8-12-17)21-16(2)18-13-9-10-15-20-18/h5,7-13,15-16,19,21H,3-4,6,14H2,1-2H3. The van der Waals surface area contributed by atoms with Gasteiger partial charge >= 0.3 is 0 Å². The summed E-state index contributed by atoms with van der Waals surface area (Å²) in [5.41, 5.74) is 2.48. The zero-order valence-electron chi connectivity index (χ0n) is 13.1. The number of nitrogens with one attached hydrogen (secondary N) is 1. The predicted molar refractivity (Wildman–Crippen MR) is 89.1 cm³/mol. The fraction of sp³-hybridized carbons (Fsp3) is 0.421. The van der Waals surface area contributed by atoms with Gasteiger partial charge in [0.05, 0.1) is 5.69 Å². The van der Waals surface area contributed by atoms with Crippen molar-refractivity contribution in [3.05, 3.63) is 66.0 Å². The van der Waals surface area contributed by atoms with Crippen LogP contribution in [-0.2, 0) is 0 Å². The minimum atomic E-state index is 0.262. The molecule has 21 heavy (non-hydrogen) atoms. The quantitative estimate of drug-likeness (QED) is 0.685. The molecule has 1 heterocycles. The van der Waals surface area contributed by atoms with Crippen LogP contribution in [0.3, 0.4) is 0 Å². The summed E-state index contributed by atoms with van der Waals surface area (Å²) in [6.07, 6.45) is 6.86. The first-order chi connectivity index (χ1) is 10.3. The van der Waals surface area contributed by atoms with Crippen molar-refractivity contribution in [3.63, 3.8) is 0 Å². The third-order valence-corrected chi connectivity index (χ3v) is 3.88. The number of aromatic nitrogens is 1. The highest BCUT2D eigenvalue weighted by Gasteiger charge is 2.15. The highest BCUT2D eigenvalue weighted by molar-refractivity contribution is 5.19. The molecule has 0 saturated carbocycles. The molecule has 0 radical (unpaired) electrons. The van der Waals surface area contributed by atoms with Gasteiger partial charge < -0.3 is 5.32 Å². The van der Waals surface area contributed by atoms with Gasteiger partial charge in [0.25, 0.3) is 0 Å². The van der Waals surface area contributed by atoms with E-state index in [4.69, 9.17) is 0 Å². The van der Waals surface area contributed by atoms with Crippen LogP contribution in [0.15, 0.2) is 54.7 Å². The third-order valence-electron chi connectivity index (χ3n) is 3.88. The molecule has 2 rings (SSSR count). The second kappa shape index (κ2) is 8.58. The summed E-state index contributed by atoms with van der Waals surface area (Å²) >= 11 is 0. The third kappa shape index (κ3) is 4.98. The van der Waals surface area contributed by atoms with E-state index in [0.717, 1.165) is 5.69 Å². The smallest absolute Gasteiger partial charge is 0.0570 e. The number of rotatable bonds is 8. The summed E-state index contributed by atoms with van der Waals surface area (Å²) in [5, 5.41) is 3.75. The van der Waals surface area contributed by atoms with Crippen LogP contribution >= 0.6 is 0 Å². The average molecular weight is 282 g/mol. The van der Waals surface area contributed by atoms with E-state index in [9.17, 15) is 0 Å². The van der Waals surface area contributed by atoms with E-state index in [-0.39, 0.29) is 6.04 Å². The molecule has 2 nitrogen and oxygen atoms in total. The van der Waals surface area contributed by atoms with E-state index in [1.807, 2.05) is 12.3 Å². The monoisotopic (exact) mass is 282 g/mol. The van der Waals surface area contributed by atoms with Crippen LogP contribution in [0.2, 0.25) is 0 Å². The average Bonchev–Trinajstić information content (AvgIpc) is 2.55. The number of unbranched alkanes of at least 4 members (excludes halogenated alkanes) is 2. The Balaban J connectivity index is 2.05. The number of hydrogen-bond donors (Lipinski definition) is 1. The first-order valence-corrected chi connectivity index (χ1v) is 8.03. The molecule has 0 amide bonds. The van der Waals surface area contributed by atoms with Gasteiger partial charge in [-0.05, 0) is 31.0 Å². The summed E-state index contributed by atoms with van der Waals surface area (Å²) in [4.78, 5) is 4.46. The summed E-state index contributed by atoms with van der Waals surface area (Å²) in [6, 6.07) is 17.5. The molecule has 2 aromatic rings. The molecule has 0 aliphatic rings. The zero-order chi connectivity index (χ0) is 14.9. The highest BCUT2D eigenvalue weighted by Crippen LogP contribution is 2.23. The van der Waals surface area contributed by atoms with Gasteiger partial charge in [0.2, 0.25) is 0 Å². The lowest BCUT2D eigenvalue weighted by Gasteiger charge is -2.23. The van der Waals surface area contributed by atoms with E-state index >= 15 is 0 Å². The molecule has 2 atom stereocenters. The van der Waals surface area contributed by atoms with Crippen molar-refractivity contribution >= 4 is 0 Å². The molecule has 1 aromatic heterocycles. The van der Waals surface area contributed by atoms with Gasteiger partial charge in [0, 0.05) is 18.3 Å². The van der Waals surface area contributed by atoms with Crippen LogP contribution in [0.4, 0.5) is 0 Å². The molecular weight excluding hydrogens is 256 g/mol. The second-order valence-corrected chi connectivity index (χ2v) is 5.60. The first kappa shape index (κ1) is 15.7.